The highest BCUT2D eigenvalue weighted by molar-refractivity contribution is 6.04. The maximum Gasteiger partial charge on any atom is 0.355 e. The number of nitrogens with one attached hydrogen (secondary N) is 2. The molecule has 1 heterocycles. The van der Waals surface area contributed by atoms with Crippen LogP contribution in [0.4, 0.5) is 0 Å². The lowest BCUT2D eigenvalue weighted by molar-refractivity contribution is -0.144. The summed E-state index contributed by atoms with van der Waals surface area (Å²) < 4.78 is 10.3. The fourth-order valence-electron chi connectivity index (χ4n) is 3.76. The number of amides is 1. The number of hydrogen-bond acceptors (Lipinski definition) is 6. The van der Waals surface area contributed by atoms with Crippen molar-refractivity contribution >= 4 is 23.6 Å². The predicted octanol–water partition coefficient (Wildman–Crippen LogP) is 3.58. The number of rotatable bonds is 10. The molecule has 2 N–H and O–H groups in total. The lowest BCUT2D eigenvalue weighted by atomic mass is 10.0. The van der Waals surface area contributed by atoms with Crippen LogP contribution in [0.15, 0.2) is 60.7 Å². The van der Waals surface area contributed by atoms with Gasteiger partial charge in [0.25, 0.3) is 5.91 Å². The molecule has 1 aromatic heterocycles. The minimum absolute atomic E-state index is 0.191. The third kappa shape index (κ3) is 6.44. The van der Waals surface area contributed by atoms with Crippen LogP contribution in [-0.4, -0.2) is 47.9 Å². The lowest BCUT2D eigenvalue weighted by Gasteiger charge is -2.18. The summed E-state index contributed by atoms with van der Waals surface area (Å²) in [5.74, 6) is -2.18. The Morgan fingerprint density at radius 3 is 2.17 bits per heavy atom. The quantitative estimate of drug-likeness (QED) is 0.342. The first kappa shape index (κ1) is 25.4. The van der Waals surface area contributed by atoms with Gasteiger partial charge in [-0.05, 0) is 44.0 Å². The normalized spacial score (nSPS) is 11.4. The number of aryl methyl sites for hydroxylation is 1. The summed E-state index contributed by atoms with van der Waals surface area (Å²) in [4.78, 5) is 53.5. The van der Waals surface area contributed by atoms with Crippen LogP contribution in [0, 0.1) is 13.8 Å². The number of aromatic amines is 1. The molecule has 3 aromatic rings. The Labute approximate surface area is 203 Å². The van der Waals surface area contributed by atoms with Crippen molar-refractivity contribution in [1.29, 1.82) is 0 Å². The zero-order valence-corrected chi connectivity index (χ0v) is 19.9. The van der Waals surface area contributed by atoms with E-state index in [2.05, 4.69) is 10.3 Å². The second-order valence-electron chi connectivity index (χ2n) is 7.96. The molecular weight excluding hydrogens is 448 g/mol. The van der Waals surface area contributed by atoms with Crippen molar-refractivity contribution in [2.75, 3.05) is 13.2 Å². The first-order chi connectivity index (χ1) is 16.8. The van der Waals surface area contributed by atoms with Gasteiger partial charge in [0.15, 0.2) is 6.61 Å². The van der Waals surface area contributed by atoms with Gasteiger partial charge in [-0.1, -0.05) is 48.5 Å². The first-order valence-electron chi connectivity index (χ1n) is 11.3. The van der Waals surface area contributed by atoms with E-state index < -0.39 is 36.3 Å². The number of carbonyl (C=O) groups is 4. The first-order valence-corrected chi connectivity index (χ1v) is 11.3. The maximum absolute atomic E-state index is 12.9. The van der Waals surface area contributed by atoms with Crippen molar-refractivity contribution in [2.24, 2.45) is 0 Å². The minimum atomic E-state index is -0.999. The van der Waals surface area contributed by atoms with Crippen LogP contribution in [0.2, 0.25) is 0 Å². The van der Waals surface area contributed by atoms with Crippen LogP contribution in [0.3, 0.4) is 0 Å². The standard InChI is InChI=1S/C27H28N2O6/c1-4-34-27(33)24-17(2)23(18(3)28-24)22(30)16-35-26(32)21(15-19-11-7-5-8-12-19)29-25(31)20-13-9-6-10-14-20/h5-14,21,28H,4,15-16H2,1-3H3,(H,29,31). The predicted molar refractivity (Wildman–Crippen MR) is 129 cm³/mol. The van der Waals surface area contributed by atoms with Crippen LogP contribution in [0.1, 0.15) is 54.9 Å². The summed E-state index contributed by atoms with van der Waals surface area (Å²) in [6.07, 6.45) is 0.196. The van der Waals surface area contributed by atoms with Crippen molar-refractivity contribution in [2.45, 2.75) is 33.2 Å². The third-order valence-electron chi connectivity index (χ3n) is 5.45. The summed E-state index contributed by atoms with van der Waals surface area (Å²) in [6, 6.07) is 16.7. The van der Waals surface area contributed by atoms with Crippen LogP contribution in [0.25, 0.3) is 0 Å². The second kappa shape index (κ2) is 11.8. The summed E-state index contributed by atoms with van der Waals surface area (Å²) in [5, 5.41) is 2.71. The molecule has 1 atom stereocenters. The minimum Gasteiger partial charge on any atom is -0.461 e. The Morgan fingerprint density at radius 2 is 1.54 bits per heavy atom. The number of ether oxygens (including phenoxy) is 2. The topological polar surface area (TPSA) is 115 Å². The van der Waals surface area contributed by atoms with Crippen LogP contribution in [-0.2, 0) is 20.7 Å². The summed E-state index contributed by atoms with van der Waals surface area (Å²) in [5.41, 5.74) is 2.60. The molecule has 35 heavy (non-hydrogen) atoms. The molecule has 0 spiro atoms. The van der Waals surface area contributed by atoms with Crippen LogP contribution in [0.5, 0.6) is 0 Å². The molecule has 1 unspecified atom stereocenters. The van der Waals surface area contributed by atoms with Crippen molar-refractivity contribution in [1.82, 2.24) is 10.3 Å². The number of aromatic nitrogens is 1. The molecule has 0 fully saturated rings. The van der Waals surface area contributed by atoms with E-state index in [1.165, 1.54) is 0 Å². The van der Waals surface area contributed by atoms with E-state index >= 15 is 0 Å². The maximum atomic E-state index is 12.9. The zero-order chi connectivity index (χ0) is 25.4. The Bertz CT molecular complexity index is 1200. The van der Waals surface area contributed by atoms with Gasteiger partial charge in [-0.25, -0.2) is 9.59 Å². The number of esters is 2. The molecule has 0 aliphatic carbocycles. The van der Waals surface area contributed by atoms with Crippen molar-refractivity contribution in [3.63, 3.8) is 0 Å². The van der Waals surface area contributed by atoms with E-state index in [0.717, 1.165) is 5.56 Å². The van der Waals surface area contributed by atoms with Gasteiger partial charge in [0.05, 0.1) is 6.61 Å². The molecular formula is C27H28N2O6. The Balaban J connectivity index is 1.73. The third-order valence-corrected chi connectivity index (χ3v) is 5.45. The van der Waals surface area contributed by atoms with Gasteiger partial charge >= 0.3 is 11.9 Å². The van der Waals surface area contributed by atoms with Crippen molar-refractivity contribution in [3.8, 4) is 0 Å². The number of carbonyl (C=O) groups excluding carboxylic acids is 4. The molecule has 0 aliphatic heterocycles. The van der Waals surface area contributed by atoms with Gasteiger partial charge in [-0.3, -0.25) is 9.59 Å². The van der Waals surface area contributed by atoms with E-state index in [4.69, 9.17) is 9.47 Å². The number of hydrogen-bond donors (Lipinski definition) is 2. The average Bonchev–Trinajstić information content (AvgIpc) is 3.17. The molecule has 3 rings (SSSR count). The van der Waals surface area contributed by atoms with Crippen LogP contribution < -0.4 is 5.32 Å². The van der Waals surface area contributed by atoms with E-state index in [0.29, 0.717) is 16.8 Å². The van der Waals surface area contributed by atoms with E-state index in [1.54, 1.807) is 51.1 Å². The van der Waals surface area contributed by atoms with Gasteiger partial charge < -0.3 is 19.8 Å². The summed E-state index contributed by atoms with van der Waals surface area (Å²) >= 11 is 0. The fourth-order valence-corrected chi connectivity index (χ4v) is 3.76. The van der Waals surface area contributed by atoms with E-state index in [9.17, 15) is 19.2 Å². The van der Waals surface area contributed by atoms with Gasteiger partial charge in [-0.15, -0.1) is 0 Å². The highest BCUT2D eigenvalue weighted by Crippen LogP contribution is 2.20. The van der Waals surface area contributed by atoms with E-state index in [1.807, 2.05) is 30.3 Å². The molecule has 2 aromatic carbocycles. The van der Waals surface area contributed by atoms with Crippen molar-refractivity contribution < 1.29 is 28.7 Å². The Morgan fingerprint density at radius 1 is 0.914 bits per heavy atom. The number of Topliss-reactive ketones (excluding diaryl/α,β-unsaturated/α-hetero) is 1. The number of benzene rings is 2. The van der Waals surface area contributed by atoms with Gasteiger partial charge in [0.1, 0.15) is 11.7 Å². The molecule has 0 radical (unpaired) electrons. The van der Waals surface area contributed by atoms with Gasteiger partial charge in [-0.2, -0.15) is 0 Å². The smallest absolute Gasteiger partial charge is 0.355 e. The van der Waals surface area contributed by atoms with Crippen molar-refractivity contribution in [3.05, 3.63) is 94.3 Å². The second-order valence-corrected chi connectivity index (χ2v) is 7.96. The highest BCUT2D eigenvalue weighted by Gasteiger charge is 2.27. The molecule has 182 valence electrons. The molecule has 8 nitrogen and oxygen atoms in total. The monoisotopic (exact) mass is 476 g/mol. The van der Waals surface area contributed by atoms with Crippen LogP contribution >= 0.6 is 0 Å². The summed E-state index contributed by atoms with van der Waals surface area (Å²) in [6.45, 7) is 4.64. The molecule has 0 bridgehead atoms. The molecule has 0 saturated heterocycles. The van der Waals surface area contributed by atoms with Gasteiger partial charge in [0, 0.05) is 23.2 Å². The zero-order valence-electron chi connectivity index (χ0n) is 19.9. The summed E-state index contributed by atoms with van der Waals surface area (Å²) in [7, 11) is 0. The molecule has 8 heteroatoms. The largest absolute Gasteiger partial charge is 0.461 e. The Kier molecular flexibility index (Phi) is 8.56. The number of H-pyrrole nitrogens is 1. The molecule has 0 saturated carbocycles. The SMILES string of the molecule is CCOC(=O)c1[nH]c(C)c(C(=O)COC(=O)C(Cc2ccccc2)NC(=O)c2ccccc2)c1C. The average molecular weight is 477 g/mol. The van der Waals surface area contributed by atoms with Gasteiger partial charge in [0.2, 0.25) is 5.78 Å². The lowest BCUT2D eigenvalue weighted by Crippen LogP contribution is -2.43. The molecule has 0 aliphatic rings. The fraction of sp³-hybridized carbons (Fsp3) is 0.259. The number of ketones is 1. The Hall–Kier alpha value is -4.20. The van der Waals surface area contributed by atoms with E-state index in [-0.39, 0.29) is 24.3 Å². The highest BCUT2D eigenvalue weighted by atomic mass is 16.5. The molecule has 1 amide bonds.